The minimum Gasteiger partial charge on any atom is -0.354 e. The maximum atomic E-state index is 5.79. The molecule has 4 heteroatoms. The van der Waals surface area contributed by atoms with Gasteiger partial charge in [0.1, 0.15) is 0 Å². The summed E-state index contributed by atoms with van der Waals surface area (Å²) < 4.78 is 0. The van der Waals surface area contributed by atoms with Gasteiger partial charge in [0.2, 0.25) is 0 Å². The van der Waals surface area contributed by atoms with Gasteiger partial charge in [-0.3, -0.25) is 0 Å². The molecule has 4 nitrogen and oxygen atoms in total. The van der Waals surface area contributed by atoms with Gasteiger partial charge in [0.05, 0.1) is 44.9 Å². The van der Waals surface area contributed by atoms with E-state index in [1.165, 1.54) is 229 Å². The van der Waals surface area contributed by atoms with E-state index >= 15 is 0 Å². The zero-order valence-corrected chi connectivity index (χ0v) is 36.9. The quantitative estimate of drug-likeness (QED) is 0.258. The lowest BCUT2D eigenvalue weighted by Crippen LogP contribution is -2.08. The molecule has 6 fully saturated rings. The van der Waals surface area contributed by atoms with Crippen molar-refractivity contribution in [3.05, 3.63) is 69.3 Å². The summed E-state index contributed by atoms with van der Waals surface area (Å²) in [6.07, 6.45) is 39.7. The molecule has 8 bridgehead atoms. The first-order valence-electron chi connectivity index (χ1n) is 25.5. The number of fused-ring (bicyclic) bond motifs is 8. The summed E-state index contributed by atoms with van der Waals surface area (Å²) in [6.45, 7) is 0. The number of H-pyrrole nitrogens is 2. The molecule has 61 heavy (non-hydrogen) atoms. The van der Waals surface area contributed by atoms with Crippen molar-refractivity contribution >= 4 is 45.4 Å². The van der Waals surface area contributed by atoms with Crippen LogP contribution >= 0.6 is 0 Å². The maximum absolute atomic E-state index is 5.79. The summed E-state index contributed by atoms with van der Waals surface area (Å²) in [5.41, 5.74) is 17.4. The van der Waals surface area contributed by atoms with Crippen LogP contribution in [0.2, 0.25) is 0 Å². The third-order valence-electron chi connectivity index (χ3n) is 16.4. The summed E-state index contributed by atoms with van der Waals surface area (Å²) in [6, 6.07) is 9.68. The Labute approximate surface area is 365 Å². The van der Waals surface area contributed by atoms with Crippen LogP contribution < -0.4 is 0 Å². The van der Waals surface area contributed by atoms with Crippen LogP contribution in [-0.2, 0) is 0 Å². The highest BCUT2D eigenvalue weighted by Crippen LogP contribution is 2.47. The largest absolute Gasteiger partial charge is 0.354 e. The molecule has 8 aliphatic rings. The smallest absolute Gasteiger partial charge is 0.0696 e. The van der Waals surface area contributed by atoms with Gasteiger partial charge < -0.3 is 9.97 Å². The predicted molar refractivity (Wildman–Crippen MR) is 255 cm³/mol. The molecule has 2 aliphatic heterocycles. The average Bonchev–Trinajstić information content (AvgIpc) is 4.15. The fourth-order valence-electron chi connectivity index (χ4n) is 13.1. The lowest BCUT2D eigenvalue weighted by atomic mass is 9.82. The van der Waals surface area contributed by atoms with Crippen LogP contribution in [0.4, 0.5) is 0 Å². The van der Waals surface area contributed by atoms with E-state index in [1.54, 1.807) is 0 Å². The van der Waals surface area contributed by atoms with Gasteiger partial charge >= 0.3 is 0 Å². The van der Waals surface area contributed by atoms with Gasteiger partial charge in [-0.05, 0) is 148 Å². The number of aromatic nitrogens is 4. The summed E-state index contributed by atoms with van der Waals surface area (Å²) in [5.74, 6) is 18.3. The molecule has 6 saturated carbocycles. The van der Waals surface area contributed by atoms with Crippen LogP contribution in [-0.4, -0.2) is 19.9 Å². The molecule has 0 radical (unpaired) electrons. The first-order chi connectivity index (χ1) is 30.2. The van der Waals surface area contributed by atoms with E-state index in [1.807, 2.05) is 0 Å². The number of hydrogen-bond donors (Lipinski definition) is 2. The van der Waals surface area contributed by atoms with Crippen molar-refractivity contribution < 1.29 is 0 Å². The number of nitrogens with zero attached hydrogens (tertiary/aromatic N) is 2. The van der Waals surface area contributed by atoms with Gasteiger partial charge in [-0.15, -0.1) is 0 Å². The number of aromatic amines is 2. The normalized spacial score (nSPS) is 22.5. The van der Waals surface area contributed by atoms with Crippen LogP contribution in [0, 0.1) is 47.4 Å². The molecule has 0 spiro atoms. The standard InChI is InChI=1S/C57H68N4/c1-4-16-38(17-5-1)28-30-44-32-52-56(42-24-12-13-25-42)54-34-46(40-20-8-3-9-21-40)50(60-54)37-51-47(41-22-10-11-23-41)35-55(61-51)57(43-26-14-15-27-43)53-33-45(49(59-53)36-48(44)58-52)31-29-39-18-6-2-7-19-39/h32-43,58-59H,1-27H2. The average molecular weight is 809 g/mol. The van der Waals surface area contributed by atoms with E-state index in [4.69, 9.17) is 9.97 Å². The summed E-state index contributed by atoms with van der Waals surface area (Å²) in [4.78, 5) is 19.7. The Morgan fingerprint density at radius 3 is 1.15 bits per heavy atom. The van der Waals surface area contributed by atoms with E-state index < -0.39 is 0 Å². The molecule has 6 aliphatic carbocycles. The number of nitrogens with one attached hydrogen (secondary N) is 2. The minimum atomic E-state index is 0.487. The molecule has 0 amide bonds. The van der Waals surface area contributed by atoms with Crippen molar-refractivity contribution in [1.29, 1.82) is 0 Å². The molecule has 316 valence electrons. The van der Waals surface area contributed by atoms with Gasteiger partial charge in [0.15, 0.2) is 0 Å². The first kappa shape index (κ1) is 39.6. The Kier molecular flexibility index (Phi) is 11.6. The second kappa shape index (κ2) is 17.8. The Hall–Kier alpha value is -4.28. The molecule has 0 saturated heterocycles. The van der Waals surface area contributed by atoms with Crippen molar-refractivity contribution in [1.82, 2.24) is 19.9 Å². The van der Waals surface area contributed by atoms with E-state index in [0.29, 0.717) is 35.5 Å². The lowest BCUT2D eigenvalue weighted by molar-refractivity contribution is 0.430. The third-order valence-corrected chi connectivity index (χ3v) is 16.4. The SMILES string of the molecule is C(#CC1CCCCC1)c1cc2[nH]c1cc1[nH]c(cc1C#CC1CCCCC1)c(C1CCCC1)c1nc(cc3nc(c2C2CCCC2)C=C3C2CCCCC2)C(C2CCCC2)=C1. The summed E-state index contributed by atoms with van der Waals surface area (Å²) in [5, 5.41) is 0. The van der Waals surface area contributed by atoms with Gasteiger partial charge in [-0.2, -0.15) is 0 Å². The fraction of sp³-hybridized carbons (Fsp3) is 0.579. The number of hydrogen-bond acceptors (Lipinski definition) is 2. The zero-order valence-electron chi connectivity index (χ0n) is 36.9. The molecular weight excluding hydrogens is 741 g/mol. The van der Waals surface area contributed by atoms with Gasteiger partial charge in [0.25, 0.3) is 0 Å². The Balaban J connectivity index is 1.22. The van der Waals surface area contributed by atoms with Crippen LogP contribution in [0.25, 0.3) is 45.4 Å². The summed E-state index contributed by atoms with van der Waals surface area (Å²) >= 11 is 0. The second-order valence-corrected chi connectivity index (χ2v) is 20.6. The molecule has 3 aromatic heterocycles. The third kappa shape index (κ3) is 8.36. The molecule has 0 aromatic carbocycles. The van der Waals surface area contributed by atoms with Gasteiger partial charge in [-0.1, -0.05) is 120 Å². The van der Waals surface area contributed by atoms with Crippen LogP contribution in [0.5, 0.6) is 0 Å². The topological polar surface area (TPSA) is 57.4 Å². The van der Waals surface area contributed by atoms with Crippen LogP contribution in [0.1, 0.15) is 230 Å². The van der Waals surface area contributed by atoms with Gasteiger partial charge in [-0.25, -0.2) is 9.97 Å². The van der Waals surface area contributed by atoms with E-state index in [2.05, 4.69) is 70.1 Å². The highest BCUT2D eigenvalue weighted by molar-refractivity contribution is 5.91. The van der Waals surface area contributed by atoms with E-state index in [0.717, 1.165) is 22.2 Å². The van der Waals surface area contributed by atoms with Crippen LogP contribution in [0.15, 0.2) is 24.3 Å². The van der Waals surface area contributed by atoms with Crippen molar-refractivity contribution in [2.75, 3.05) is 0 Å². The van der Waals surface area contributed by atoms with E-state index in [-0.39, 0.29) is 0 Å². The van der Waals surface area contributed by atoms with Gasteiger partial charge in [0, 0.05) is 34.0 Å². The second-order valence-electron chi connectivity index (χ2n) is 20.6. The molecule has 5 heterocycles. The molecule has 2 N–H and O–H groups in total. The monoisotopic (exact) mass is 809 g/mol. The van der Waals surface area contributed by atoms with Crippen molar-refractivity contribution in [3.63, 3.8) is 0 Å². The van der Waals surface area contributed by atoms with Crippen molar-refractivity contribution in [2.24, 2.45) is 23.7 Å². The summed E-state index contributed by atoms with van der Waals surface area (Å²) in [7, 11) is 0. The molecule has 0 unspecified atom stereocenters. The Morgan fingerprint density at radius 1 is 0.377 bits per heavy atom. The van der Waals surface area contributed by atoms with Crippen LogP contribution in [0.3, 0.4) is 0 Å². The first-order valence-corrected chi connectivity index (χ1v) is 25.5. The van der Waals surface area contributed by atoms with E-state index in [9.17, 15) is 0 Å². The molecule has 0 atom stereocenters. The Morgan fingerprint density at radius 2 is 0.738 bits per heavy atom. The minimum absolute atomic E-state index is 0.487. The van der Waals surface area contributed by atoms with Crippen molar-refractivity contribution in [2.45, 2.75) is 185 Å². The number of rotatable bonds is 4. The highest BCUT2D eigenvalue weighted by Gasteiger charge is 2.32. The maximum Gasteiger partial charge on any atom is 0.0696 e. The lowest BCUT2D eigenvalue weighted by Gasteiger charge is -2.22. The molecule has 3 aromatic rings. The number of allylic oxidation sites excluding steroid dienone is 2. The Bertz CT molecular complexity index is 2460. The molecular formula is C57H68N4. The fourth-order valence-corrected chi connectivity index (χ4v) is 13.1. The van der Waals surface area contributed by atoms with Crippen molar-refractivity contribution in [3.8, 4) is 23.7 Å². The molecule has 11 rings (SSSR count). The zero-order chi connectivity index (χ0) is 40.5. The highest BCUT2D eigenvalue weighted by atomic mass is 14.8. The predicted octanol–water partition coefficient (Wildman–Crippen LogP) is 15.3.